The molecule has 3 heteroatoms. The van der Waals surface area contributed by atoms with Gasteiger partial charge in [-0.1, -0.05) is 13.8 Å². The Morgan fingerprint density at radius 2 is 1.89 bits per heavy atom. The van der Waals surface area contributed by atoms with Crippen molar-refractivity contribution < 1.29 is 30.2 Å². The van der Waals surface area contributed by atoms with Crippen molar-refractivity contribution in [1.29, 1.82) is 0 Å². The van der Waals surface area contributed by atoms with Gasteiger partial charge < -0.3 is 6.53 Å². The summed E-state index contributed by atoms with van der Waals surface area (Å²) in [5, 5.41) is 8.37. The van der Waals surface area contributed by atoms with Gasteiger partial charge in [0.25, 0.3) is 0 Å². The molecule has 0 aromatic rings. The minimum Gasteiger partial charge on any atom is -1.00 e. The Balaban J connectivity index is -0.000000245. The van der Waals surface area contributed by atoms with Crippen LogP contribution in [0.3, 0.4) is 0 Å². The largest absolute Gasteiger partial charge is 1.00 e. The van der Waals surface area contributed by atoms with E-state index in [9.17, 15) is 4.79 Å². The van der Waals surface area contributed by atoms with Crippen LogP contribution in [0.1, 0.15) is 28.1 Å². The maximum Gasteiger partial charge on any atom is 1.00 e. The number of carboxylic acid groups (broad SMARTS) is 1. The monoisotopic (exact) mass is 124 g/mol. The standard InChI is InChI=1S/C6H12O2.Li.H/c1-3-5(4-2)6(7)8;;/h5H,3-4H2,1-2H3,(H,7,8);;/q;+1;-1. The number of hydrogen-bond donors (Lipinski definition) is 1. The normalized spacial score (nSPS) is 8.78. The summed E-state index contributed by atoms with van der Waals surface area (Å²) >= 11 is 0. The van der Waals surface area contributed by atoms with Crippen molar-refractivity contribution in [2.24, 2.45) is 5.92 Å². The van der Waals surface area contributed by atoms with Crippen LogP contribution in [0.4, 0.5) is 0 Å². The van der Waals surface area contributed by atoms with Crippen LogP contribution in [-0.4, -0.2) is 11.1 Å². The molecule has 0 radical (unpaired) electrons. The number of carbonyl (C=O) groups is 1. The molecule has 2 nitrogen and oxygen atoms in total. The summed E-state index contributed by atoms with van der Waals surface area (Å²) in [6.07, 6.45) is 1.48. The zero-order valence-electron chi connectivity index (χ0n) is 7.35. The Morgan fingerprint density at radius 3 is 1.89 bits per heavy atom. The second-order valence-electron chi connectivity index (χ2n) is 1.85. The fourth-order valence-electron chi connectivity index (χ4n) is 0.638. The van der Waals surface area contributed by atoms with Gasteiger partial charge in [-0.25, -0.2) is 0 Å². The molecule has 0 unspecified atom stereocenters. The van der Waals surface area contributed by atoms with E-state index in [0.29, 0.717) is 0 Å². The van der Waals surface area contributed by atoms with Crippen molar-refractivity contribution in [2.45, 2.75) is 26.7 Å². The van der Waals surface area contributed by atoms with Gasteiger partial charge in [0.1, 0.15) is 0 Å². The first-order valence-corrected chi connectivity index (χ1v) is 2.95. The summed E-state index contributed by atoms with van der Waals surface area (Å²) in [7, 11) is 0. The van der Waals surface area contributed by atoms with E-state index >= 15 is 0 Å². The molecule has 0 spiro atoms. The van der Waals surface area contributed by atoms with Gasteiger partial charge in [-0.3, -0.25) is 4.79 Å². The van der Waals surface area contributed by atoms with E-state index < -0.39 is 5.97 Å². The predicted molar refractivity (Wildman–Crippen MR) is 32.8 cm³/mol. The smallest absolute Gasteiger partial charge is 1.00 e. The van der Waals surface area contributed by atoms with Gasteiger partial charge in [0, 0.05) is 0 Å². The average Bonchev–Trinajstić information content (AvgIpc) is 1.69. The molecule has 0 rings (SSSR count). The molecule has 0 bridgehead atoms. The van der Waals surface area contributed by atoms with E-state index in [1.165, 1.54) is 0 Å². The summed E-state index contributed by atoms with van der Waals surface area (Å²) in [6.45, 7) is 3.78. The summed E-state index contributed by atoms with van der Waals surface area (Å²) < 4.78 is 0. The molecule has 0 aliphatic rings. The van der Waals surface area contributed by atoms with Crippen LogP contribution < -0.4 is 18.9 Å². The van der Waals surface area contributed by atoms with Gasteiger partial charge in [0.15, 0.2) is 0 Å². The van der Waals surface area contributed by atoms with E-state index in [-0.39, 0.29) is 26.2 Å². The first-order valence-electron chi connectivity index (χ1n) is 2.95. The molecule has 0 aliphatic heterocycles. The van der Waals surface area contributed by atoms with E-state index in [0.717, 1.165) is 12.8 Å². The number of aliphatic carboxylic acids is 1. The SMILES string of the molecule is CCC(CC)C(=O)O.[H-].[Li+]. The Hall–Kier alpha value is 0.0674. The van der Waals surface area contributed by atoms with Crippen LogP contribution in [0.15, 0.2) is 0 Å². The third-order valence-corrected chi connectivity index (χ3v) is 1.33. The topological polar surface area (TPSA) is 37.3 Å². The minimum atomic E-state index is -0.671. The van der Waals surface area contributed by atoms with Gasteiger partial charge in [0.05, 0.1) is 5.92 Å². The Kier molecular flexibility index (Phi) is 8.13. The average molecular weight is 124 g/mol. The van der Waals surface area contributed by atoms with Crippen LogP contribution in [0.25, 0.3) is 0 Å². The van der Waals surface area contributed by atoms with Crippen molar-refractivity contribution in [3.63, 3.8) is 0 Å². The zero-order valence-corrected chi connectivity index (χ0v) is 6.35. The second-order valence-corrected chi connectivity index (χ2v) is 1.85. The molecular formula is C6H13LiO2. The molecule has 0 atom stereocenters. The van der Waals surface area contributed by atoms with Crippen molar-refractivity contribution >= 4 is 5.97 Å². The van der Waals surface area contributed by atoms with Crippen LogP contribution in [0.2, 0.25) is 0 Å². The van der Waals surface area contributed by atoms with Gasteiger partial charge >= 0.3 is 24.8 Å². The maximum absolute atomic E-state index is 10.2. The van der Waals surface area contributed by atoms with E-state index in [1.54, 1.807) is 0 Å². The molecule has 0 aromatic heterocycles. The van der Waals surface area contributed by atoms with Crippen molar-refractivity contribution in [2.75, 3.05) is 0 Å². The fourth-order valence-corrected chi connectivity index (χ4v) is 0.638. The van der Waals surface area contributed by atoms with E-state index in [4.69, 9.17) is 5.11 Å². The maximum atomic E-state index is 10.2. The molecule has 50 valence electrons. The quantitative estimate of drug-likeness (QED) is 0.471. The first kappa shape index (κ1) is 11.8. The van der Waals surface area contributed by atoms with Gasteiger partial charge in [-0.15, -0.1) is 0 Å². The molecule has 0 amide bonds. The van der Waals surface area contributed by atoms with Crippen LogP contribution in [0.5, 0.6) is 0 Å². The third kappa shape index (κ3) is 4.56. The van der Waals surface area contributed by atoms with Gasteiger partial charge in [-0.05, 0) is 12.8 Å². The predicted octanol–water partition coefficient (Wildman–Crippen LogP) is -1.38. The number of rotatable bonds is 3. The molecular weight excluding hydrogens is 111 g/mol. The Morgan fingerprint density at radius 1 is 1.56 bits per heavy atom. The van der Waals surface area contributed by atoms with Crippen molar-refractivity contribution in [1.82, 2.24) is 0 Å². The van der Waals surface area contributed by atoms with Crippen LogP contribution in [0, 0.1) is 5.92 Å². The van der Waals surface area contributed by atoms with Gasteiger partial charge in [-0.2, -0.15) is 0 Å². The summed E-state index contributed by atoms with van der Waals surface area (Å²) in [5.74, 6) is -0.801. The molecule has 0 aliphatic carbocycles. The number of carboxylic acids is 1. The fraction of sp³-hybridized carbons (Fsp3) is 0.833. The van der Waals surface area contributed by atoms with Crippen LogP contribution in [-0.2, 0) is 4.79 Å². The summed E-state index contributed by atoms with van der Waals surface area (Å²) in [5.41, 5.74) is 0. The number of hydrogen-bond acceptors (Lipinski definition) is 1. The molecule has 1 N–H and O–H groups in total. The minimum absolute atomic E-state index is 0. The zero-order chi connectivity index (χ0) is 6.57. The van der Waals surface area contributed by atoms with Crippen LogP contribution >= 0.6 is 0 Å². The second kappa shape index (κ2) is 6.19. The molecule has 0 aromatic carbocycles. The Bertz CT molecular complexity index is 83.8. The molecule has 0 saturated heterocycles. The van der Waals surface area contributed by atoms with E-state index in [1.807, 2.05) is 13.8 Å². The molecule has 9 heavy (non-hydrogen) atoms. The molecule has 0 saturated carbocycles. The third-order valence-electron chi connectivity index (χ3n) is 1.33. The Labute approximate surface area is 69.3 Å². The molecule has 0 fully saturated rings. The summed E-state index contributed by atoms with van der Waals surface area (Å²) in [4.78, 5) is 10.2. The van der Waals surface area contributed by atoms with Crippen molar-refractivity contribution in [3.8, 4) is 0 Å². The van der Waals surface area contributed by atoms with E-state index in [2.05, 4.69) is 0 Å². The summed E-state index contributed by atoms with van der Waals surface area (Å²) in [6, 6.07) is 0. The first-order chi connectivity index (χ1) is 3.72. The van der Waals surface area contributed by atoms with Gasteiger partial charge in [0.2, 0.25) is 0 Å². The molecule has 0 heterocycles. The van der Waals surface area contributed by atoms with Crippen molar-refractivity contribution in [3.05, 3.63) is 0 Å².